The Labute approximate surface area is 161 Å². The first-order valence-electron chi connectivity index (χ1n) is 8.65. The van der Waals surface area contributed by atoms with Crippen molar-refractivity contribution < 1.29 is 19.5 Å². The standard InChI is InChI=1S/C18H20Cl2N2O4/c19-12-6-11(7-13(20)9-12)17(24)22-5-1-2-15(22)16(23)21-14-4-3-10(8-14)18(25)26/h6-7,9-10,14-15H,1-5,8H2,(H,21,23)(H,25,26)/t10-,14+,15?/m0/s1. The molecule has 1 saturated carbocycles. The van der Waals surface area contributed by atoms with Crippen LogP contribution in [0.5, 0.6) is 0 Å². The molecule has 0 radical (unpaired) electrons. The van der Waals surface area contributed by atoms with Crippen LogP contribution in [0.15, 0.2) is 18.2 Å². The van der Waals surface area contributed by atoms with Crippen molar-refractivity contribution in [3.8, 4) is 0 Å². The molecule has 3 atom stereocenters. The van der Waals surface area contributed by atoms with E-state index in [4.69, 9.17) is 28.3 Å². The van der Waals surface area contributed by atoms with E-state index in [1.54, 1.807) is 11.0 Å². The van der Waals surface area contributed by atoms with E-state index in [1.807, 2.05) is 0 Å². The summed E-state index contributed by atoms with van der Waals surface area (Å²) in [5, 5.41) is 12.7. The van der Waals surface area contributed by atoms with E-state index >= 15 is 0 Å². The lowest BCUT2D eigenvalue weighted by atomic mass is 10.1. The van der Waals surface area contributed by atoms with Crippen molar-refractivity contribution in [2.24, 2.45) is 5.92 Å². The topological polar surface area (TPSA) is 86.7 Å². The Balaban J connectivity index is 1.66. The van der Waals surface area contributed by atoms with Gasteiger partial charge in [0.15, 0.2) is 0 Å². The molecule has 1 aromatic rings. The molecule has 1 heterocycles. The number of hydrogen-bond acceptors (Lipinski definition) is 3. The van der Waals surface area contributed by atoms with Crippen molar-refractivity contribution >= 4 is 41.0 Å². The highest BCUT2D eigenvalue weighted by Gasteiger charge is 2.37. The zero-order chi connectivity index (χ0) is 18.8. The van der Waals surface area contributed by atoms with Crippen molar-refractivity contribution in [3.63, 3.8) is 0 Å². The Kier molecular flexibility index (Phi) is 5.73. The summed E-state index contributed by atoms with van der Waals surface area (Å²) in [6.45, 7) is 0.490. The first-order chi connectivity index (χ1) is 12.3. The predicted molar refractivity (Wildman–Crippen MR) is 97.4 cm³/mol. The second kappa shape index (κ2) is 7.84. The van der Waals surface area contributed by atoms with Gasteiger partial charge in [-0.15, -0.1) is 0 Å². The molecule has 8 heteroatoms. The van der Waals surface area contributed by atoms with Gasteiger partial charge in [0.05, 0.1) is 5.92 Å². The number of benzene rings is 1. The van der Waals surface area contributed by atoms with Crippen molar-refractivity contribution in [2.45, 2.75) is 44.2 Å². The molecule has 2 fully saturated rings. The molecule has 1 aliphatic carbocycles. The van der Waals surface area contributed by atoms with Crippen LogP contribution in [0.4, 0.5) is 0 Å². The molecule has 0 bridgehead atoms. The summed E-state index contributed by atoms with van der Waals surface area (Å²) in [6.07, 6.45) is 2.97. The number of likely N-dealkylation sites (tertiary alicyclic amines) is 1. The Morgan fingerprint density at radius 1 is 1.08 bits per heavy atom. The van der Waals surface area contributed by atoms with Gasteiger partial charge in [-0.25, -0.2) is 0 Å². The molecule has 6 nitrogen and oxygen atoms in total. The molecule has 26 heavy (non-hydrogen) atoms. The van der Waals surface area contributed by atoms with Crippen LogP contribution >= 0.6 is 23.2 Å². The Morgan fingerprint density at radius 3 is 2.38 bits per heavy atom. The number of carbonyl (C=O) groups is 3. The molecule has 0 aromatic heterocycles. The number of rotatable bonds is 4. The molecule has 1 aromatic carbocycles. The third-order valence-corrected chi connectivity index (χ3v) is 5.49. The number of halogens is 2. The van der Waals surface area contributed by atoms with Crippen LogP contribution in [0.3, 0.4) is 0 Å². The summed E-state index contributed by atoms with van der Waals surface area (Å²) in [7, 11) is 0. The SMILES string of the molecule is O=C(N[C@@H]1CC[C@H](C(=O)O)C1)C1CCCN1C(=O)c1cc(Cl)cc(Cl)c1. The van der Waals surface area contributed by atoms with Gasteiger partial charge in [0.1, 0.15) is 6.04 Å². The highest BCUT2D eigenvalue weighted by molar-refractivity contribution is 6.35. The molecule has 140 valence electrons. The number of hydrogen-bond donors (Lipinski definition) is 2. The van der Waals surface area contributed by atoms with Crippen LogP contribution in [0.2, 0.25) is 10.0 Å². The van der Waals surface area contributed by atoms with E-state index in [0.29, 0.717) is 47.8 Å². The zero-order valence-corrected chi connectivity index (χ0v) is 15.6. The van der Waals surface area contributed by atoms with E-state index in [9.17, 15) is 14.4 Å². The quantitative estimate of drug-likeness (QED) is 0.815. The lowest BCUT2D eigenvalue weighted by Crippen LogP contribution is -2.48. The molecule has 1 saturated heterocycles. The summed E-state index contributed by atoms with van der Waals surface area (Å²) in [6, 6.07) is 3.92. The normalized spacial score (nSPS) is 25.3. The van der Waals surface area contributed by atoms with Crippen molar-refractivity contribution in [1.82, 2.24) is 10.2 Å². The number of aliphatic carboxylic acids is 1. The molecule has 2 N–H and O–H groups in total. The van der Waals surface area contributed by atoms with Gasteiger partial charge in [0.2, 0.25) is 5.91 Å². The fourth-order valence-electron chi connectivity index (χ4n) is 3.76. The maximum atomic E-state index is 12.8. The lowest BCUT2D eigenvalue weighted by molar-refractivity contribution is -0.141. The van der Waals surface area contributed by atoms with E-state index in [-0.39, 0.29) is 17.9 Å². The predicted octanol–water partition coefficient (Wildman–Crippen LogP) is 2.97. The molecular weight excluding hydrogens is 379 g/mol. The summed E-state index contributed by atoms with van der Waals surface area (Å²) in [5.41, 5.74) is 0.356. The number of amides is 2. The fourth-order valence-corrected chi connectivity index (χ4v) is 4.29. The molecule has 0 spiro atoms. The van der Waals surface area contributed by atoms with Gasteiger partial charge < -0.3 is 15.3 Å². The highest BCUT2D eigenvalue weighted by Crippen LogP contribution is 2.28. The molecular formula is C18H20Cl2N2O4. The number of carboxylic acids is 1. The maximum Gasteiger partial charge on any atom is 0.306 e. The summed E-state index contributed by atoms with van der Waals surface area (Å²) in [4.78, 5) is 38.0. The van der Waals surface area contributed by atoms with Gasteiger partial charge in [-0.05, 0) is 50.3 Å². The van der Waals surface area contributed by atoms with Crippen LogP contribution in [0, 0.1) is 5.92 Å². The summed E-state index contributed by atoms with van der Waals surface area (Å²) < 4.78 is 0. The van der Waals surface area contributed by atoms with Gasteiger partial charge in [-0.3, -0.25) is 14.4 Å². The number of carbonyl (C=O) groups excluding carboxylic acids is 2. The summed E-state index contributed by atoms with van der Waals surface area (Å²) in [5.74, 6) is -1.73. The molecule has 1 unspecified atom stereocenters. The van der Waals surface area contributed by atoms with E-state index in [2.05, 4.69) is 5.32 Å². The van der Waals surface area contributed by atoms with Crippen LogP contribution < -0.4 is 5.32 Å². The summed E-state index contributed by atoms with van der Waals surface area (Å²) >= 11 is 11.9. The number of carboxylic acid groups (broad SMARTS) is 1. The van der Waals surface area contributed by atoms with Crippen LogP contribution in [-0.2, 0) is 9.59 Å². The Bertz CT molecular complexity index is 720. The van der Waals surface area contributed by atoms with E-state index in [0.717, 1.165) is 6.42 Å². The Morgan fingerprint density at radius 2 is 1.77 bits per heavy atom. The molecule has 2 amide bonds. The average molecular weight is 399 g/mol. The van der Waals surface area contributed by atoms with Crippen LogP contribution in [0.25, 0.3) is 0 Å². The molecule has 3 rings (SSSR count). The smallest absolute Gasteiger partial charge is 0.306 e. The van der Waals surface area contributed by atoms with Crippen LogP contribution in [-0.4, -0.2) is 46.4 Å². The first kappa shape index (κ1) is 19.0. The average Bonchev–Trinajstić information content (AvgIpc) is 3.22. The molecule has 2 aliphatic rings. The van der Waals surface area contributed by atoms with Gasteiger partial charge in [0, 0.05) is 28.2 Å². The Hall–Kier alpha value is -1.79. The monoisotopic (exact) mass is 398 g/mol. The third kappa shape index (κ3) is 4.13. The largest absolute Gasteiger partial charge is 0.481 e. The minimum atomic E-state index is -0.822. The lowest BCUT2D eigenvalue weighted by Gasteiger charge is -2.25. The van der Waals surface area contributed by atoms with E-state index < -0.39 is 17.9 Å². The van der Waals surface area contributed by atoms with Gasteiger partial charge in [0.25, 0.3) is 5.91 Å². The van der Waals surface area contributed by atoms with Gasteiger partial charge in [-0.2, -0.15) is 0 Å². The van der Waals surface area contributed by atoms with E-state index in [1.165, 1.54) is 12.1 Å². The second-order valence-electron chi connectivity index (χ2n) is 6.87. The third-order valence-electron chi connectivity index (χ3n) is 5.05. The highest BCUT2D eigenvalue weighted by atomic mass is 35.5. The van der Waals surface area contributed by atoms with Crippen molar-refractivity contribution in [1.29, 1.82) is 0 Å². The van der Waals surface area contributed by atoms with Gasteiger partial charge >= 0.3 is 5.97 Å². The minimum absolute atomic E-state index is 0.151. The van der Waals surface area contributed by atoms with Gasteiger partial charge in [-0.1, -0.05) is 23.2 Å². The maximum absolute atomic E-state index is 12.8. The number of nitrogens with zero attached hydrogens (tertiary/aromatic N) is 1. The van der Waals surface area contributed by atoms with Crippen LogP contribution in [0.1, 0.15) is 42.5 Å². The molecule has 1 aliphatic heterocycles. The van der Waals surface area contributed by atoms with Crippen molar-refractivity contribution in [3.05, 3.63) is 33.8 Å². The number of nitrogens with one attached hydrogen (secondary N) is 1. The zero-order valence-electron chi connectivity index (χ0n) is 14.1. The van der Waals surface area contributed by atoms with Crippen molar-refractivity contribution in [2.75, 3.05) is 6.54 Å². The minimum Gasteiger partial charge on any atom is -0.481 e. The second-order valence-corrected chi connectivity index (χ2v) is 7.74. The fraction of sp³-hybridized carbons (Fsp3) is 0.500. The first-order valence-corrected chi connectivity index (χ1v) is 9.41.